The SMILES string of the molecule is CC(C)(C)OC(=O)Nc1cc2c(cn1)CNCC2. The Morgan fingerprint density at radius 3 is 2.94 bits per heavy atom. The molecule has 1 amide bonds. The Balaban J connectivity index is 2.04. The predicted molar refractivity (Wildman–Crippen MR) is 69.5 cm³/mol. The van der Waals surface area contributed by atoms with Crippen LogP contribution < -0.4 is 10.6 Å². The third kappa shape index (κ3) is 3.43. The van der Waals surface area contributed by atoms with Gasteiger partial charge in [0.1, 0.15) is 11.4 Å². The zero-order chi connectivity index (χ0) is 13.2. The van der Waals surface area contributed by atoms with Gasteiger partial charge >= 0.3 is 6.09 Å². The lowest BCUT2D eigenvalue weighted by Crippen LogP contribution is -2.28. The molecule has 2 N–H and O–H groups in total. The Morgan fingerprint density at radius 2 is 2.22 bits per heavy atom. The molecule has 0 bridgehead atoms. The van der Waals surface area contributed by atoms with Crippen LogP contribution in [0.3, 0.4) is 0 Å². The van der Waals surface area contributed by atoms with Crippen LogP contribution in [0.5, 0.6) is 0 Å². The highest BCUT2D eigenvalue weighted by molar-refractivity contribution is 5.83. The van der Waals surface area contributed by atoms with Crippen molar-refractivity contribution in [3.8, 4) is 0 Å². The fraction of sp³-hybridized carbons (Fsp3) is 0.538. The van der Waals surface area contributed by atoms with Crippen LogP contribution >= 0.6 is 0 Å². The lowest BCUT2D eigenvalue weighted by atomic mass is 10.0. The molecule has 0 radical (unpaired) electrons. The Labute approximate surface area is 107 Å². The molecule has 0 fully saturated rings. The molecule has 1 aromatic heterocycles. The van der Waals surface area contributed by atoms with Crippen LogP contribution in [0, 0.1) is 0 Å². The van der Waals surface area contributed by atoms with Gasteiger partial charge in [-0.15, -0.1) is 0 Å². The van der Waals surface area contributed by atoms with E-state index in [-0.39, 0.29) is 0 Å². The number of ether oxygens (including phenoxy) is 1. The maximum atomic E-state index is 11.6. The minimum Gasteiger partial charge on any atom is -0.444 e. The first-order chi connectivity index (χ1) is 8.44. The Kier molecular flexibility index (Phi) is 3.52. The highest BCUT2D eigenvalue weighted by Crippen LogP contribution is 2.17. The molecule has 0 atom stereocenters. The van der Waals surface area contributed by atoms with Gasteiger partial charge in [-0.25, -0.2) is 9.78 Å². The average molecular weight is 249 g/mol. The van der Waals surface area contributed by atoms with E-state index < -0.39 is 11.7 Å². The molecular formula is C13H19N3O2. The first-order valence-corrected chi connectivity index (χ1v) is 6.12. The highest BCUT2D eigenvalue weighted by Gasteiger charge is 2.17. The summed E-state index contributed by atoms with van der Waals surface area (Å²) in [5.74, 6) is 0.546. The summed E-state index contributed by atoms with van der Waals surface area (Å²) in [5.41, 5.74) is 1.92. The van der Waals surface area contributed by atoms with Crippen LogP contribution in [0.4, 0.5) is 10.6 Å². The second kappa shape index (κ2) is 4.94. The fourth-order valence-corrected chi connectivity index (χ4v) is 1.84. The first-order valence-electron chi connectivity index (χ1n) is 6.12. The minimum absolute atomic E-state index is 0.469. The molecule has 5 nitrogen and oxygen atoms in total. The molecule has 0 saturated carbocycles. The van der Waals surface area contributed by atoms with E-state index in [4.69, 9.17) is 4.74 Å². The number of rotatable bonds is 1. The third-order valence-corrected chi connectivity index (χ3v) is 2.60. The maximum Gasteiger partial charge on any atom is 0.413 e. The van der Waals surface area contributed by atoms with Crippen LogP contribution in [-0.2, 0) is 17.7 Å². The van der Waals surface area contributed by atoms with Crippen molar-refractivity contribution in [2.24, 2.45) is 0 Å². The number of carbonyl (C=O) groups is 1. The number of carbonyl (C=O) groups excluding carboxylic acids is 1. The number of anilines is 1. The number of amides is 1. The number of hydrogen-bond acceptors (Lipinski definition) is 4. The molecular weight excluding hydrogens is 230 g/mol. The summed E-state index contributed by atoms with van der Waals surface area (Å²) in [4.78, 5) is 15.8. The monoisotopic (exact) mass is 249 g/mol. The van der Waals surface area contributed by atoms with E-state index >= 15 is 0 Å². The molecule has 5 heteroatoms. The molecule has 1 aromatic rings. The van der Waals surface area contributed by atoms with E-state index in [0.717, 1.165) is 19.5 Å². The van der Waals surface area contributed by atoms with Crippen molar-refractivity contribution >= 4 is 11.9 Å². The summed E-state index contributed by atoms with van der Waals surface area (Å²) in [6.07, 6.45) is 2.29. The van der Waals surface area contributed by atoms with Crippen molar-refractivity contribution in [3.63, 3.8) is 0 Å². The molecule has 18 heavy (non-hydrogen) atoms. The fourth-order valence-electron chi connectivity index (χ4n) is 1.84. The van der Waals surface area contributed by atoms with Crippen molar-refractivity contribution in [1.82, 2.24) is 10.3 Å². The van der Waals surface area contributed by atoms with E-state index in [1.165, 1.54) is 11.1 Å². The zero-order valence-corrected chi connectivity index (χ0v) is 11.0. The van der Waals surface area contributed by atoms with Crippen molar-refractivity contribution < 1.29 is 9.53 Å². The molecule has 0 aliphatic carbocycles. The molecule has 0 aromatic carbocycles. The Bertz CT molecular complexity index is 452. The van der Waals surface area contributed by atoms with Gasteiger partial charge in [0, 0.05) is 12.7 Å². The van der Waals surface area contributed by atoms with E-state index in [1.807, 2.05) is 26.8 Å². The topological polar surface area (TPSA) is 63.2 Å². The van der Waals surface area contributed by atoms with Gasteiger partial charge in [0.05, 0.1) is 0 Å². The molecule has 98 valence electrons. The highest BCUT2D eigenvalue weighted by atomic mass is 16.6. The smallest absolute Gasteiger partial charge is 0.413 e. The minimum atomic E-state index is -0.498. The average Bonchev–Trinajstić information content (AvgIpc) is 2.26. The van der Waals surface area contributed by atoms with Gasteiger partial charge in [-0.2, -0.15) is 0 Å². The normalized spacial score (nSPS) is 14.8. The Morgan fingerprint density at radius 1 is 1.44 bits per heavy atom. The second-order valence-electron chi connectivity index (χ2n) is 5.39. The summed E-state index contributed by atoms with van der Waals surface area (Å²) < 4.78 is 5.18. The van der Waals surface area contributed by atoms with Crippen LogP contribution in [0.2, 0.25) is 0 Å². The molecule has 1 aliphatic heterocycles. The van der Waals surface area contributed by atoms with Crippen LogP contribution in [0.15, 0.2) is 12.3 Å². The molecule has 0 spiro atoms. The van der Waals surface area contributed by atoms with Crippen molar-refractivity contribution in [2.75, 3.05) is 11.9 Å². The molecule has 2 rings (SSSR count). The second-order valence-corrected chi connectivity index (χ2v) is 5.39. The molecule has 0 unspecified atom stereocenters. The summed E-state index contributed by atoms with van der Waals surface area (Å²) in [7, 11) is 0. The van der Waals surface area contributed by atoms with Gasteiger partial charge in [-0.1, -0.05) is 0 Å². The number of hydrogen-bond donors (Lipinski definition) is 2. The molecule has 1 aliphatic rings. The maximum absolute atomic E-state index is 11.6. The number of pyridine rings is 1. The van der Waals surface area contributed by atoms with Gasteiger partial charge in [0.25, 0.3) is 0 Å². The standard InChI is InChI=1S/C13H19N3O2/c1-13(2,3)18-12(17)16-11-6-9-4-5-14-7-10(9)8-15-11/h6,8,14H,4-5,7H2,1-3H3,(H,15,16,17). The summed E-state index contributed by atoms with van der Waals surface area (Å²) >= 11 is 0. The first kappa shape index (κ1) is 12.8. The van der Waals surface area contributed by atoms with Crippen molar-refractivity contribution in [3.05, 3.63) is 23.4 Å². The predicted octanol–water partition coefficient (Wildman–Crippen LogP) is 2.07. The van der Waals surface area contributed by atoms with Crippen LogP contribution in [0.1, 0.15) is 31.9 Å². The lowest BCUT2D eigenvalue weighted by Gasteiger charge is -2.20. The van der Waals surface area contributed by atoms with E-state index in [2.05, 4.69) is 15.6 Å². The largest absolute Gasteiger partial charge is 0.444 e. The number of fused-ring (bicyclic) bond motifs is 1. The van der Waals surface area contributed by atoms with Gasteiger partial charge in [-0.3, -0.25) is 5.32 Å². The van der Waals surface area contributed by atoms with Crippen molar-refractivity contribution in [1.29, 1.82) is 0 Å². The van der Waals surface area contributed by atoms with E-state index in [1.54, 1.807) is 6.20 Å². The van der Waals surface area contributed by atoms with Gasteiger partial charge in [0.15, 0.2) is 0 Å². The molecule has 2 heterocycles. The van der Waals surface area contributed by atoms with Crippen LogP contribution in [-0.4, -0.2) is 23.2 Å². The van der Waals surface area contributed by atoms with Crippen molar-refractivity contribution in [2.45, 2.75) is 39.3 Å². The summed E-state index contributed by atoms with van der Waals surface area (Å²) in [6.45, 7) is 7.30. The van der Waals surface area contributed by atoms with Gasteiger partial charge < -0.3 is 10.1 Å². The van der Waals surface area contributed by atoms with E-state index in [9.17, 15) is 4.79 Å². The molecule has 0 saturated heterocycles. The number of nitrogens with zero attached hydrogens (tertiary/aromatic N) is 1. The summed E-state index contributed by atoms with van der Waals surface area (Å²) in [6, 6.07) is 1.92. The quantitative estimate of drug-likeness (QED) is 0.799. The zero-order valence-electron chi connectivity index (χ0n) is 11.0. The lowest BCUT2D eigenvalue weighted by molar-refractivity contribution is 0.0635. The Hall–Kier alpha value is -1.62. The van der Waals surface area contributed by atoms with E-state index in [0.29, 0.717) is 5.82 Å². The van der Waals surface area contributed by atoms with Crippen LogP contribution in [0.25, 0.3) is 0 Å². The number of nitrogens with one attached hydrogen (secondary N) is 2. The van der Waals surface area contributed by atoms with Gasteiger partial charge in [-0.05, 0) is 50.9 Å². The number of aromatic nitrogens is 1. The summed E-state index contributed by atoms with van der Waals surface area (Å²) in [5, 5.41) is 5.94. The van der Waals surface area contributed by atoms with Gasteiger partial charge in [0.2, 0.25) is 0 Å². The third-order valence-electron chi connectivity index (χ3n) is 2.60.